The molecule has 7 rings (SSSR count). The zero-order chi connectivity index (χ0) is 25.6. The van der Waals surface area contributed by atoms with Crippen LogP contribution in [0.4, 0.5) is 0 Å². The average molecular weight is 689 g/mol. The van der Waals surface area contributed by atoms with Crippen LogP contribution in [0.1, 0.15) is 49.7 Å². The van der Waals surface area contributed by atoms with Gasteiger partial charge in [0.2, 0.25) is 5.88 Å². The quantitative estimate of drug-likeness (QED) is 0.165. The van der Waals surface area contributed by atoms with E-state index in [1.807, 2.05) is 36.5 Å². The van der Waals surface area contributed by atoms with Gasteiger partial charge in [0.1, 0.15) is 5.82 Å². The van der Waals surface area contributed by atoms with Crippen LogP contribution in [-0.4, -0.2) is 14.5 Å². The summed E-state index contributed by atoms with van der Waals surface area (Å²) in [6.45, 7) is 4.32. The van der Waals surface area contributed by atoms with E-state index in [1.54, 1.807) is 6.20 Å². The number of pyridine rings is 2. The molecule has 0 unspecified atom stereocenters. The number of rotatable bonds is 6. The maximum atomic E-state index is 6.11. The number of aromatic nitrogens is 3. The molecule has 0 bridgehead atoms. The normalized spacial score (nSPS) is 13.1. The molecule has 39 heavy (non-hydrogen) atoms. The van der Waals surface area contributed by atoms with Crippen molar-refractivity contribution in [1.82, 2.24) is 14.5 Å². The third-order valence-electron chi connectivity index (χ3n) is 7.33. The molecule has 0 radical (unpaired) electrons. The Kier molecular flexibility index (Phi) is 6.83. The van der Waals surface area contributed by atoms with Gasteiger partial charge in [-0.3, -0.25) is 0 Å². The van der Waals surface area contributed by atoms with Crippen LogP contribution in [0.3, 0.4) is 0 Å². The Labute approximate surface area is 243 Å². The van der Waals surface area contributed by atoms with E-state index in [-0.39, 0.29) is 21.1 Å². The van der Waals surface area contributed by atoms with E-state index in [1.165, 1.54) is 29.4 Å². The minimum absolute atomic E-state index is 0. The molecule has 3 heterocycles. The van der Waals surface area contributed by atoms with Crippen LogP contribution in [0.2, 0.25) is 0 Å². The molecule has 1 fully saturated rings. The Morgan fingerprint density at radius 2 is 1.64 bits per heavy atom. The number of nitrogens with zero attached hydrogens (tertiary/aromatic N) is 3. The minimum Gasteiger partial charge on any atom is -0.460 e. The molecule has 194 valence electrons. The van der Waals surface area contributed by atoms with E-state index in [0.717, 1.165) is 33.4 Å². The molecule has 3 aromatic carbocycles. The van der Waals surface area contributed by atoms with Crippen molar-refractivity contribution in [3.8, 4) is 28.6 Å². The van der Waals surface area contributed by atoms with Gasteiger partial charge < -0.3 is 9.30 Å². The Morgan fingerprint density at radius 1 is 0.821 bits per heavy atom. The minimum atomic E-state index is 0. The first-order chi connectivity index (χ1) is 18.6. The first kappa shape index (κ1) is 25.5. The Morgan fingerprint density at radius 3 is 2.49 bits per heavy atom. The summed E-state index contributed by atoms with van der Waals surface area (Å²) >= 11 is 0. The van der Waals surface area contributed by atoms with Crippen molar-refractivity contribution in [1.29, 1.82) is 0 Å². The van der Waals surface area contributed by atoms with Gasteiger partial charge in [-0.05, 0) is 71.0 Å². The largest absolute Gasteiger partial charge is 2.00 e. The van der Waals surface area contributed by atoms with Crippen molar-refractivity contribution in [2.45, 2.75) is 38.5 Å². The zero-order valence-corrected chi connectivity index (χ0v) is 24.1. The third kappa shape index (κ3) is 4.90. The van der Waals surface area contributed by atoms with E-state index >= 15 is 0 Å². The molecular formula is C34H27N3OPt. The molecule has 1 saturated carbocycles. The van der Waals surface area contributed by atoms with Crippen LogP contribution in [0, 0.1) is 12.1 Å². The number of hydrogen-bond donors (Lipinski definition) is 0. The van der Waals surface area contributed by atoms with Crippen LogP contribution < -0.4 is 4.74 Å². The van der Waals surface area contributed by atoms with Crippen molar-refractivity contribution in [3.63, 3.8) is 0 Å². The first-order valence-corrected chi connectivity index (χ1v) is 13.2. The Hall–Kier alpha value is -3.75. The summed E-state index contributed by atoms with van der Waals surface area (Å²) in [6.07, 6.45) is 6.25. The standard InChI is InChI=1S/C34H27N3O.Pt/c1-22(2)24-14-17-36-34(21-24)38-28-7-5-6-25(18-28)26-12-13-30-29-8-3-4-9-31(29)37(32(30)19-26)33-20-27(15-16-35-33)23-10-11-23;/h3-9,12-17,20-23H,10-11H2,1-2H3;/q-2;+2. The Balaban J connectivity index is 0.00000277. The first-order valence-electron chi connectivity index (χ1n) is 13.2. The fraction of sp³-hybridized carbons (Fsp3) is 0.176. The van der Waals surface area contributed by atoms with Gasteiger partial charge in [-0.1, -0.05) is 37.4 Å². The molecule has 0 aliphatic heterocycles. The van der Waals surface area contributed by atoms with E-state index in [2.05, 4.69) is 84.1 Å². The van der Waals surface area contributed by atoms with Crippen molar-refractivity contribution in [2.75, 3.05) is 0 Å². The van der Waals surface area contributed by atoms with Gasteiger partial charge in [-0.2, -0.15) is 24.3 Å². The van der Waals surface area contributed by atoms with Crippen LogP contribution in [0.15, 0.2) is 91.3 Å². The maximum Gasteiger partial charge on any atom is 2.00 e. The molecule has 5 heteroatoms. The fourth-order valence-electron chi connectivity index (χ4n) is 5.13. The molecule has 0 atom stereocenters. The number of ether oxygens (including phenoxy) is 1. The molecule has 1 aliphatic rings. The van der Waals surface area contributed by atoms with Crippen LogP contribution in [-0.2, 0) is 21.1 Å². The summed E-state index contributed by atoms with van der Waals surface area (Å²) in [5.41, 5.74) is 6.57. The van der Waals surface area contributed by atoms with Crippen molar-refractivity contribution < 1.29 is 25.8 Å². The van der Waals surface area contributed by atoms with Gasteiger partial charge in [-0.15, -0.1) is 18.2 Å². The number of benzene rings is 3. The van der Waals surface area contributed by atoms with Crippen LogP contribution >= 0.6 is 0 Å². The second-order valence-corrected chi connectivity index (χ2v) is 10.3. The van der Waals surface area contributed by atoms with Crippen molar-refractivity contribution >= 4 is 21.8 Å². The summed E-state index contributed by atoms with van der Waals surface area (Å²) in [7, 11) is 0. The van der Waals surface area contributed by atoms with Gasteiger partial charge in [0.15, 0.2) is 0 Å². The van der Waals surface area contributed by atoms with E-state index < -0.39 is 0 Å². The molecule has 0 spiro atoms. The molecular weight excluding hydrogens is 661 g/mol. The number of fused-ring (bicyclic) bond motifs is 3. The monoisotopic (exact) mass is 688 g/mol. The SMILES string of the molecule is CC(C)c1ccnc(Oc2[c-]c(-c3[c-]c4c(cc3)c3ccccc3n4-c3cc(C4CC4)ccn3)ccc2)c1.[Pt+2]. The van der Waals surface area contributed by atoms with Gasteiger partial charge in [-0.25, -0.2) is 21.1 Å². The second kappa shape index (κ2) is 10.4. The average Bonchev–Trinajstić information content (AvgIpc) is 3.75. The van der Waals surface area contributed by atoms with E-state index in [0.29, 0.717) is 23.5 Å². The fourth-order valence-corrected chi connectivity index (χ4v) is 5.13. The van der Waals surface area contributed by atoms with Gasteiger partial charge in [0, 0.05) is 29.7 Å². The second-order valence-electron chi connectivity index (χ2n) is 10.3. The zero-order valence-electron chi connectivity index (χ0n) is 21.8. The molecule has 4 nitrogen and oxygen atoms in total. The van der Waals surface area contributed by atoms with E-state index in [9.17, 15) is 0 Å². The molecule has 0 N–H and O–H groups in total. The van der Waals surface area contributed by atoms with Gasteiger partial charge in [0.05, 0.1) is 0 Å². The molecule has 3 aromatic heterocycles. The third-order valence-corrected chi connectivity index (χ3v) is 7.33. The molecule has 1 aliphatic carbocycles. The maximum absolute atomic E-state index is 6.11. The molecule has 0 saturated heterocycles. The predicted molar refractivity (Wildman–Crippen MR) is 152 cm³/mol. The van der Waals surface area contributed by atoms with Gasteiger partial charge in [0.25, 0.3) is 0 Å². The molecule has 0 amide bonds. The summed E-state index contributed by atoms with van der Waals surface area (Å²) in [4.78, 5) is 9.18. The predicted octanol–water partition coefficient (Wildman–Crippen LogP) is 8.63. The van der Waals surface area contributed by atoms with E-state index in [4.69, 9.17) is 9.72 Å². The summed E-state index contributed by atoms with van der Waals surface area (Å²) in [5.74, 6) is 3.21. The smallest absolute Gasteiger partial charge is 0.460 e. The van der Waals surface area contributed by atoms with Crippen LogP contribution in [0.25, 0.3) is 38.8 Å². The van der Waals surface area contributed by atoms with Crippen molar-refractivity contribution in [3.05, 3.63) is 115 Å². The van der Waals surface area contributed by atoms with Crippen molar-refractivity contribution in [2.24, 2.45) is 0 Å². The van der Waals surface area contributed by atoms with Gasteiger partial charge >= 0.3 is 21.1 Å². The Bertz CT molecular complexity index is 1800. The summed E-state index contributed by atoms with van der Waals surface area (Å²) < 4.78 is 8.34. The molecule has 6 aromatic rings. The number of hydrogen-bond acceptors (Lipinski definition) is 3. The topological polar surface area (TPSA) is 39.9 Å². The number of para-hydroxylation sites is 1. The summed E-state index contributed by atoms with van der Waals surface area (Å²) in [6, 6.07) is 34.3. The summed E-state index contributed by atoms with van der Waals surface area (Å²) in [5, 5.41) is 2.35. The van der Waals surface area contributed by atoms with Crippen LogP contribution in [0.5, 0.6) is 11.6 Å².